The largest absolute Gasteiger partial charge is 0.372 e. The summed E-state index contributed by atoms with van der Waals surface area (Å²) in [5.74, 6) is 0.203. The van der Waals surface area contributed by atoms with E-state index >= 15 is 0 Å². The monoisotopic (exact) mass is 206 g/mol. The Bertz CT molecular complexity index is 415. The van der Waals surface area contributed by atoms with Crippen LogP contribution >= 0.6 is 0 Å². The maximum Gasteiger partial charge on any atom is 0.170 e. The number of aliphatic imine (C=N–C) groups is 1. The van der Waals surface area contributed by atoms with Crippen molar-refractivity contribution >= 4 is 11.6 Å². The van der Waals surface area contributed by atoms with Crippen LogP contribution in [0.4, 0.5) is 4.39 Å². The van der Waals surface area contributed by atoms with Gasteiger partial charge in [-0.2, -0.15) is 0 Å². The smallest absolute Gasteiger partial charge is 0.170 e. The van der Waals surface area contributed by atoms with Gasteiger partial charge >= 0.3 is 0 Å². The minimum absolute atomic E-state index is 0.109. The van der Waals surface area contributed by atoms with Crippen LogP contribution in [0.25, 0.3) is 0 Å². The van der Waals surface area contributed by atoms with E-state index in [4.69, 9.17) is 0 Å². The van der Waals surface area contributed by atoms with Crippen molar-refractivity contribution in [1.82, 2.24) is 5.32 Å². The molecule has 0 amide bonds. The van der Waals surface area contributed by atoms with Gasteiger partial charge in [0.05, 0.1) is 13.0 Å². The number of halogens is 1. The lowest BCUT2D eigenvalue weighted by atomic mass is 10.1. The van der Waals surface area contributed by atoms with Gasteiger partial charge in [0, 0.05) is 12.1 Å². The molecular formula is C11H11FN2O. The number of ketones is 1. The molecule has 0 fully saturated rings. The first-order valence-corrected chi connectivity index (χ1v) is 4.81. The van der Waals surface area contributed by atoms with Crippen LogP contribution in [-0.4, -0.2) is 24.7 Å². The number of nitrogens with one attached hydrogen (secondary N) is 1. The Kier molecular flexibility index (Phi) is 2.76. The third kappa shape index (κ3) is 2.40. The Morgan fingerprint density at radius 2 is 2.40 bits per heavy atom. The molecule has 0 aliphatic carbocycles. The molecule has 0 radical (unpaired) electrons. The lowest BCUT2D eigenvalue weighted by molar-refractivity contribution is 0.0999. The van der Waals surface area contributed by atoms with E-state index in [1.165, 1.54) is 18.2 Å². The highest BCUT2D eigenvalue weighted by molar-refractivity contribution is 6.09. The molecule has 1 aliphatic rings. The van der Waals surface area contributed by atoms with Crippen molar-refractivity contribution in [2.75, 3.05) is 13.1 Å². The number of nitrogens with zero attached hydrogens (tertiary/aromatic N) is 1. The number of carbonyl (C=O) groups is 1. The topological polar surface area (TPSA) is 41.5 Å². The molecule has 0 saturated carbocycles. The summed E-state index contributed by atoms with van der Waals surface area (Å²) in [5, 5.41) is 3.01. The number of hydrogen-bond donors (Lipinski definition) is 1. The molecule has 15 heavy (non-hydrogen) atoms. The van der Waals surface area contributed by atoms with Gasteiger partial charge < -0.3 is 5.32 Å². The molecule has 1 aromatic carbocycles. The standard InChI is InChI=1S/C11H11FN2O/c12-9-3-1-2-8(6-9)10(15)7-11-13-4-5-14-11/h1-3,6H,4-5,7H2,(H,13,14). The van der Waals surface area contributed by atoms with Crippen molar-refractivity contribution in [3.05, 3.63) is 35.6 Å². The van der Waals surface area contributed by atoms with Gasteiger partial charge in [0.15, 0.2) is 5.78 Å². The predicted octanol–water partition coefficient (Wildman–Crippen LogP) is 1.40. The van der Waals surface area contributed by atoms with Gasteiger partial charge in [-0.3, -0.25) is 9.79 Å². The van der Waals surface area contributed by atoms with Crippen LogP contribution in [0.1, 0.15) is 16.8 Å². The zero-order valence-electron chi connectivity index (χ0n) is 8.16. The van der Waals surface area contributed by atoms with Gasteiger partial charge in [-0.05, 0) is 12.1 Å². The minimum Gasteiger partial charge on any atom is -0.372 e. The number of carbonyl (C=O) groups excluding carboxylic acids is 1. The number of amidine groups is 1. The molecule has 1 aliphatic heterocycles. The van der Waals surface area contributed by atoms with Crippen LogP contribution < -0.4 is 5.32 Å². The molecule has 0 atom stereocenters. The number of hydrogen-bond acceptors (Lipinski definition) is 3. The van der Waals surface area contributed by atoms with Crippen molar-refractivity contribution in [2.24, 2.45) is 4.99 Å². The Hall–Kier alpha value is -1.71. The molecule has 78 valence electrons. The molecule has 2 rings (SSSR count). The third-order valence-corrected chi connectivity index (χ3v) is 2.22. The van der Waals surface area contributed by atoms with E-state index in [0.29, 0.717) is 17.9 Å². The second-order valence-electron chi connectivity index (χ2n) is 3.37. The average molecular weight is 206 g/mol. The van der Waals surface area contributed by atoms with E-state index in [1.54, 1.807) is 6.07 Å². The highest BCUT2D eigenvalue weighted by Crippen LogP contribution is 2.07. The highest BCUT2D eigenvalue weighted by Gasteiger charge is 2.12. The number of benzene rings is 1. The van der Waals surface area contributed by atoms with Crippen LogP contribution in [-0.2, 0) is 0 Å². The Morgan fingerprint density at radius 1 is 1.53 bits per heavy atom. The van der Waals surface area contributed by atoms with Crippen molar-refractivity contribution in [1.29, 1.82) is 0 Å². The summed E-state index contributed by atoms with van der Waals surface area (Å²) >= 11 is 0. The van der Waals surface area contributed by atoms with Gasteiger partial charge in [0.1, 0.15) is 11.7 Å². The minimum atomic E-state index is -0.387. The van der Waals surface area contributed by atoms with Gasteiger partial charge in [0.2, 0.25) is 0 Å². The van der Waals surface area contributed by atoms with Gasteiger partial charge in [-0.15, -0.1) is 0 Å². The first-order valence-electron chi connectivity index (χ1n) is 4.81. The van der Waals surface area contributed by atoms with Crippen LogP contribution in [0.2, 0.25) is 0 Å². The zero-order chi connectivity index (χ0) is 10.7. The first kappa shape index (κ1) is 9.83. The van der Waals surface area contributed by atoms with E-state index in [0.717, 1.165) is 6.54 Å². The molecule has 1 aromatic rings. The van der Waals surface area contributed by atoms with Gasteiger partial charge in [-0.1, -0.05) is 12.1 Å². The van der Waals surface area contributed by atoms with Crippen molar-refractivity contribution < 1.29 is 9.18 Å². The molecule has 4 heteroatoms. The SMILES string of the molecule is O=C(CC1=NCCN1)c1cccc(F)c1. The Morgan fingerprint density at radius 3 is 3.07 bits per heavy atom. The third-order valence-electron chi connectivity index (χ3n) is 2.22. The summed E-state index contributed by atoms with van der Waals surface area (Å²) in [6.45, 7) is 1.50. The highest BCUT2D eigenvalue weighted by atomic mass is 19.1. The molecule has 0 saturated heterocycles. The molecule has 1 N–H and O–H groups in total. The van der Waals surface area contributed by atoms with Gasteiger partial charge in [0.25, 0.3) is 0 Å². The second-order valence-corrected chi connectivity index (χ2v) is 3.37. The normalized spacial score (nSPS) is 14.6. The van der Waals surface area contributed by atoms with Crippen molar-refractivity contribution in [3.63, 3.8) is 0 Å². The second kappa shape index (κ2) is 4.21. The van der Waals surface area contributed by atoms with Crippen molar-refractivity contribution in [2.45, 2.75) is 6.42 Å². The first-order chi connectivity index (χ1) is 7.25. The Balaban J connectivity index is 2.07. The molecule has 0 bridgehead atoms. The maximum absolute atomic E-state index is 12.8. The fraction of sp³-hybridized carbons (Fsp3) is 0.273. The van der Waals surface area contributed by atoms with Crippen LogP contribution in [0.15, 0.2) is 29.3 Å². The van der Waals surface area contributed by atoms with E-state index < -0.39 is 0 Å². The summed E-state index contributed by atoms with van der Waals surface area (Å²) in [7, 11) is 0. The lowest BCUT2D eigenvalue weighted by Crippen LogP contribution is -2.21. The van der Waals surface area contributed by atoms with E-state index in [2.05, 4.69) is 10.3 Å². The van der Waals surface area contributed by atoms with E-state index in [9.17, 15) is 9.18 Å². The zero-order valence-corrected chi connectivity index (χ0v) is 8.16. The predicted molar refractivity (Wildman–Crippen MR) is 55.7 cm³/mol. The quantitative estimate of drug-likeness (QED) is 0.759. The average Bonchev–Trinajstić information content (AvgIpc) is 2.70. The Labute approximate surface area is 87.0 Å². The molecule has 0 aromatic heterocycles. The summed E-state index contributed by atoms with van der Waals surface area (Å²) in [5.41, 5.74) is 0.395. The summed E-state index contributed by atoms with van der Waals surface area (Å²) < 4.78 is 12.8. The number of rotatable bonds is 3. The fourth-order valence-electron chi connectivity index (χ4n) is 1.48. The number of Topliss-reactive ketones (excluding diaryl/α,β-unsaturated/α-hetero) is 1. The molecule has 1 heterocycles. The molecule has 3 nitrogen and oxygen atoms in total. The van der Waals surface area contributed by atoms with Gasteiger partial charge in [-0.25, -0.2) is 4.39 Å². The van der Waals surface area contributed by atoms with Crippen molar-refractivity contribution in [3.8, 4) is 0 Å². The van der Waals surface area contributed by atoms with E-state index in [1.807, 2.05) is 0 Å². The molecular weight excluding hydrogens is 195 g/mol. The molecule has 0 unspecified atom stereocenters. The molecule has 0 spiro atoms. The summed E-state index contributed by atoms with van der Waals surface area (Å²) in [4.78, 5) is 15.8. The van der Waals surface area contributed by atoms with Crippen LogP contribution in [0.5, 0.6) is 0 Å². The summed E-state index contributed by atoms with van der Waals surface area (Å²) in [6.07, 6.45) is 0.226. The lowest BCUT2D eigenvalue weighted by Gasteiger charge is -2.01. The van der Waals surface area contributed by atoms with Crippen LogP contribution in [0, 0.1) is 5.82 Å². The maximum atomic E-state index is 12.8. The fourth-order valence-corrected chi connectivity index (χ4v) is 1.48. The van der Waals surface area contributed by atoms with E-state index in [-0.39, 0.29) is 18.0 Å². The summed E-state index contributed by atoms with van der Waals surface area (Å²) in [6, 6.07) is 5.72. The van der Waals surface area contributed by atoms with Crippen LogP contribution in [0.3, 0.4) is 0 Å².